The van der Waals surface area contributed by atoms with Crippen molar-refractivity contribution in [3.05, 3.63) is 11.8 Å². The average Bonchev–Trinajstić information content (AvgIpc) is 2.78. The first-order valence-electron chi connectivity index (χ1n) is 5.95. The van der Waals surface area contributed by atoms with Crippen molar-refractivity contribution in [2.45, 2.75) is 39.0 Å². The van der Waals surface area contributed by atoms with Crippen molar-refractivity contribution < 1.29 is 4.79 Å². The molecule has 1 saturated carbocycles. The first-order valence-corrected chi connectivity index (χ1v) is 5.95. The highest BCUT2D eigenvalue weighted by Gasteiger charge is 2.18. The minimum atomic E-state index is 0.120. The molecular formula is C12H19N3O. The van der Waals surface area contributed by atoms with Gasteiger partial charge in [-0.3, -0.25) is 9.48 Å². The van der Waals surface area contributed by atoms with E-state index in [1.807, 2.05) is 20.0 Å². The molecule has 1 aromatic rings. The fourth-order valence-corrected chi connectivity index (χ4v) is 2.40. The van der Waals surface area contributed by atoms with Gasteiger partial charge < -0.3 is 5.32 Å². The molecule has 1 fully saturated rings. The van der Waals surface area contributed by atoms with Crippen LogP contribution >= 0.6 is 0 Å². The number of hydrogen-bond acceptors (Lipinski definition) is 2. The zero-order chi connectivity index (χ0) is 11.5. The van der Waals surface area contributed by atoms with Gasteiger partial charge in [-0.1, -0.05) is 12.8 Å². The summed E-state index contributed by atoms with van der Waals surface area (Å²) in [6.45, 7) is 1.92. The molecule has 16 heavy (non-hydrogen) atoms. The van der Waals surface area contributed by atoms with E-state index < -0.39 is 0 Å². The molecule has 0 unspecified atom stereocenters. The molecule has 0 bridgehead atoms. The van der Waals surface area contributed by atoms with Crippen LogP contribution in [-0.4, -0.2) is 15.7 Å². The molecule has 4 nitrogen and oxygen atoms in total. The van der Waals surface area contributed by atoms with Gasteiger partial charge in [0.1, 0.15) is 5.82 Å². The number of nitrogens with zero attached hydrogens (tertiary/aromatic N) is 2. The van der Waals surface area contributed by atoms with E-state index in [1.54, 1.807) is 4.68 Å². The Balaban J connectivity index is 1.89. The van der Waals surface area contributed by atoms with Crippen LogP contribution in [0.3, 0.4) is 0 Å². The summed E-state index contributed by atoms with van der Waals surface area (Å²) in [4.78, 5) is 11.8. The summed E-state index contributed by atoms with van der Waals surface area (Å²) in [5.41, 5.74) is 0.929. The number of carbonyl (C=O) groups excluding carboxylic acids is 1. The van der Waals surface area contributed by atoms with Crippen molar-refractivity contribution in [1.29, 1.82) is 0 Å². The van der Waals surface area contributed by atoms with Crippen LogP contribution in [0, 0.1) is 12.8 Å². The second-order valence-corrected chi connectivity index (χ2v) is 4.70. The Kier molecular flexibility index (Phi) is 3.27. The van der Waals surface area contributed by atoms with E-state index in [9.17, 15) is 4.79 Å². The summed E-state index contributed by atoms with van der Waals surface area (Å²) in [7, 11) is 1.85. The maximum absolute atomic E-state index is 11.8. The molecule has 0 atom stereocenters. The molecule has 0 aliphatic heterocycles. The topological polar surface area (TPSA) is 46.9 Å². The summed E-state index contributed by atoms with van der Waals surface area (Å²) >= 11 is 0. The van der Waals surface area contributed by atoms with Crippen molar-refractivity contribution >= 4 is 11.7 Å². The van der Waals surface area contributed by atoms with Crippen LogP contribution < -0.4 is 5.32 Å². The molecule has 2 rings (SSSR count). The Labute approximate surface area is 96.0 Å². The van der Waals surface area contributed by atoms with Gasteiger partial charge in [0.25, 0.3) is 0 Å². The molecule has 88 valence electrons. The van der Waals surface area contributed by atoms with Gasteiger partial charge in [-0.15, -0.1) is 0 Å². The van der Waals surface area contributed by atoms with E-state index in [4.69, 9.17) is 0 Å². The zero-order valence-electron chi connectivity index (χ0n) is 9.99. The molecule has 0 aromatic carbocycles. The van der Waals surface area contributed by atoms with E-state index in [-0.39, 0.29) is 5.91 Å². The Hall–Kier alpha value is -1.32. The summed E-state index contributed by atoms with van der Waals surface area (Å²) in [5, 5.41) is 7.12. The molecule has 1 aromatic heterocycles. The zero-order valence-corrected chi connectivity index (χ0v) is 9.99. The van der Waals surface area contributed by atoms with Crippen molar-refractivity contribution in [3.63, 3.8) is 0 Å². The molecular weight excluding hydrogens is 202 g/mol. The van der Waals surface area contributed by atoms with Crippen LogP contribution in [0.4, 0.5) is 5.82 Å². The van der Waals surface area contributed by atoms with E-state index >= 15 is 0 Å². The van der Waals surface area contributed by atoms with Gasteiger partial charge >= 0.3 is 0 Å². The molecule has 0 radical (unpaired) electrons. The predicted molar refractivity (Wildman–Crippen MR) is 63.1 cm³/mol. The Bertz CT molecular complexity index is 378. The number of amides is 1. The van der Waals surface area contributed by atoms with Crippen LogP contribution in [0.2, 0.25) is 0 Å². The normalized spacial score (nSPS) is 16.6. The van der Waals surface area contributed by atoms with E-state index in [0.717, 1.165) is 11.5 Å². The lowest BCUT2D eigenvalue weighted by molar-refractivity contribution is -0.117. The summed E-state index contributed by atoms with van der Waals surface area (Å²) in [6, 6.07) is 1.90. The highest BCUT2D eigenvalue weighted by Crippen LogP contribution is 2.27. The Morgan fingerprint density at radius 1 is 1.56 bits per heavy atom. The summed E-state index contributed by atoms with van der Waals surface area (Å²) < 4.78 is 1.71. The second kappa shape index (κ2) is 4.68. The van der Waals surface area contributed by atoms with E-state index in [1.165, 1.54) is 25.7 Å². The summed E-state index contributed by atoms with van der Waals surface area (Å²) in [6.07, 6.45) is 5.63. The van der Waals surface area contributed by atoms with Crippen LogP contribution in [-0.2, 0) is 11.8 Å². The summed E-state index contributed by atoms with van der Waals surface area (Å²) in [5.74, 6) is 1.50. The van der Waals surface area contributed by atoms with Gasteiger partial charge in [-0.25, -0.2) is 0 Å². The lowest BCUT2D eigenvalue weighted by Crippen LogP contribution is -2.17. The van der Waals surface area contributed by atoms with Gasteiger partial charge in [-0.05, 0) is 25.7 Å². The van der Waals surface area contributed by atoms with Crippen molar-refractivity contribution in [1.82, 2.24) is 9.78 Å². The Morgan fingerprint density at radius 3 is 2.81 bits per heavy atom. The molecule has 4 heteroatoms. The largest absolute Gasteiger partial charge is 0.311 e. The highest BCUT2D eigenvalue weighted by molar-refractivity contribution is 5.90. The van der Waals surface area contributed by atoms with E-state index in [2.05, 4.69) is 10.4 Å². The third-order valence-corrected chi connectivity index (χ3v) is 3.22. The quantitative estimate of drug-likeness (QED) is 0.851. The average molecular weight is 221 g/mol. The van der Waals surface area contributed by atoms with Crippen molar-refractivity contribution in [2.75, 3.05) is 5.32 Å². The minimum absolute atomic E-state index is 0.120. The van der Waals surface area contributed by atoms with Crippen LogP contribution in [0.25, 0.3) is 0 Å². The highest BCUT2D eigenvalue weighted by atomic mass is 16.1. The number of aryl methyl sites for hydroxylation is 2. The number of hydrogen-bond donors (Lipinski definition) is 1. The number of rotatable bonds is 3. The molecule has 1 aliphatic rings. The lowest BCUT2D eigenvalue weighted by atomic mass is 10.0. The molecule has 1 heterocycles. The van der Waals surface area contributed by atoms with Gasteiger partial charge in [0.15, 0.2) is 0 Å². The molecule has 0 spiro atoms. The third kappa shape index (κ3) is 2.62. The lowest BCUT2D eigenvalue weighted by Gasteiger charge is -2.09. The van der Waals surface area contributed by atoms with E-state index in [0.29, 0.717) is 12.3 Å². The minimum Gasteiger partial charge on any atom is -0.311 e. The number of nitrogens with one attached hydrogen (secondary N) is 1. The smallest absolute Gasteiger partial charge is 0.225 e. The van der Waals surface area contributed by atoms with Crippen LogP contribution in [0.5, 0.6) is 0 Å². The van der Waals surface area contributed by atoms with Gasteiger partial charge in [0.05, 0.1) is 5.69 Å². The van der Waals surface area contributed by atoms with Gasteiger partial charge in [0.2, 0.25) is 5.91 Å². The predicted octanol–water partition coefficient (Wildman–Crippen LogP) is 2.25. The van der Waals surface area contributed by atoms with Crippen molar-refractivity contribution in [3.8, 4) is 0 Å². The molecule has 1 amide bonds. The Morgan fingerprint density at radius 2 is 2.25 bits per heavy atom. The molecule has 1 aliphatic carbocycles. The number of anilines is 1. The maximum atomic E-state index is 11.8. The maximum Gasteiger partial charge on any atom is 0.225 e. The molecule has 0 saturated heterocycles. The number of carbonyl (C=O) groups is 1. The van der Waals surface area contributed by atoms with Crippen molar-refractivity contribution in [2.24, 2.45) is 13.0 Å². The second-order valence-electron chi connectivity index (χ2n) is 4.70. The SMILES string of the molecule is Cc1cc(NC(=O)CC2CCCC2)n(C)n1. The monoisotopic (exact) mass is 221 g/mol. The van der Waals surface area contributed by atoms with Crippen LogP contribution in [0.1, 0.15) is 37.8 Å². The standard InChI is InChI=1S/C12H19N3O/c1-9-7-11(15(2)14-9)13-12(16)8-10-5-3-4-6-10/h7,10H,3-6,8H2,1-2H3,(H,13,16). The third-order valence-electron chi connectivity index (χ3n) is 3.22. The first kappa shape index (κ1) is 11.2. The van der Waals surface area contributed by atoms with Crippen LogP contribution in [0.15, 0.2) is 6.07 Å². The van der Waals surface area contributed by atoms with Gasteiger partial charge in [0, 0.05) is 19.5 Å². The molecule has 1 N–H and O–H groups in total. The fourth-order valence-electron chi connectivity index (χ4n) is 2.40. The fraction of sp³-hybridized carbons (Fsp3) is 0.667. The first-order chi connectivity index (χ1) is 7.65. The van der Waals surface area contributed by atoms with Gasteiger partial charge in [-0.2, -0.15) is 5.10 Å². The number of aromatic nitrogens is 2.